The van der Waals surface area contributed by atoms with Crippen LogP contribution < -0.4 is 5.32 Å². The fraction of sp³-hybridized carbons (Fsp3) is 0.444. The molecule has 182 valence electrons. The third-order valence-electron chi connectivity index (χ3n) is 6.56. The standard InChI is InChI=1S/C27H34N2O5/c1-4-29(14-13-26(31)32)25(30)15-19(18(2)3)16-28-27(33)34-17-24-22-11-7-5-9-20(22)21-10-6-8-12-23(21)24/h5-12,18-19,24H,4,13-17H2,1-3H3,(H,28,33)(H,31,32). The normalized spacial score (nSPS) is 13.2. The van der Waals surface area contributed by atoms with Crippen LogP contribution in [-0.4, -0.2) is 54.2 Å². The SMILES string of the molecule is CCN(CCC(=O)O)C(=O)CC(CNC(=O)OCC1c2ccccc2-c2ccccc21)C(C)C. The van der Waals surface area contributed by atoms with Gasteiger partial charge in [-0.25, -0.2) is 4.79 Å². The van der Waals surface area contributed by atoms with E-state index in [1.807, 2.05) is 45.0 Å². The molecule has 34 heavy (non-hydrogen) atoms. The molecule has 2 aromatic rings. The first-order valence-corrected chi connectivity index (χ1v) is 11.9. The van der Waals surface area contributed by atoms with Gasteiger partial charge >= 0.3 is 12.1 Å². The highest BCUT2D eigenvalue weighted by atomic mass is 16.5. The van der Waals surface area contributed by atoms with Gasteiger partial charge in [0.1, 0.15) is 6.61 Å². The summed E-state index contributed by atoms with van der Waals surface area (Å²) >= 11 is 0. The molecule has 0 saturated carbocycles. The first-order chi connectivity index (χ1) is 16.3. The molecular weight excluding hydrogens is 432 g/mol. The van der Waals surface area contributed by atoms with E-state index >= 15 is 0 Å². The second-order valence-corrected chi connectivity index (χ2v) is 9.03. The van der Waals surface area contributed by atoms with Crippen LogP contribution in [0.3, 0.4) is 0 Å². The highest BCUT2D eigenvalue weighted by molar-refractivity contribution is 5.79. The van der Waals surface area contributed by atoms with Crippen molar-refractivity contribution in [2.45, 2.75) is 39.5 Å². The fourth-order valence-electron chi connectivity index (χ4n) is 4.45. The second-order valence-electron chi connectivity index (χ2n) is 9.03. The van der Waals surface area contributed by atoms with E-state index < -0.39 is 12.1 Å². The second kappa shape index (κ2) is 11.7. The maximum Gasteiger partial charge on any atom is 0.407 e. The Morgan fingerprint density at radius 2 is 1.62 bits per heavy atom. The number of rotatable bonds is 11. The molecule has 0 radical (unpaired) electrons. The third-order valence-corrected chi connectivity index (χ3v) is 6.56. The molecule has 1 unspecified atom stereocenters. The quantitative estimate of drug-likeness (QED) is 0.508. The monoisotopic (exact) mass is 466 g/mol. The zero-order valence-corrected chi connectivity index (χ0v) is 20.1. The van der Waals surface area contributed by atoms with E-state index in [4.69, 9.17) is 9.84 Å². The zero-order chi connectivity index (χ0) is 24.7. The van der Waals surface area contributed by atoms with Gasteiger partial charge in [-0.05, 0) is 41.0 Å². The van der Waals surface area contributed by atoms with E-state index in [0.717, 1.165) is 11.1 Å². The lowest BCUT2D eigenvalue weighted by molar-refractivity contribution is -0.138. The summed E-state index contributed by atoms with van der Waals surface area (Å²) in [5.41, 5.74) is 4.66. The van der Waals surface area contributed by atoms with Crippen LogP contribution in [0.4, 0.5) is 4.79 Å². The van der Waals surface area contributed by atoms with Crippen LogP contribution in [0.15, 0.2) is 48.5 Å². The lowest BCUT2D eigenvalue weighted by Crippen LogP contribution is -2.38. The van der Waals surface area contributed by atoms with Crippen LogP contribution in [0.2, 0.25) is 0 Å². The Balaban J connectivity index is 1.54. The number of carboxylic acids is 1. The summed E-state index contributed by atoms with van der Waals surface area (Å²) in [4.78, 5) is 37.6. The maximum absolute atomic E-state index is 12.7. The van der Waals surface area contributed by atoms with Crippen molar-refractivity contribution in [3.05, 3.63) is 59.7 Å². The highest BCUT2D eigenvalue weighted by Gasteiger charge is 2.29. The summed E-state index contributed by atoms with van der Waals surface area (Å²) < 4.78 is 5.60. The average Bonchev–Trinajstić information content (AvgIpc) is 3.14. The minimum absolute atomic E-state index is 0.00651. The molecular formula is C27H34N2O5. The van der Waals surface area contributed by atoms with Gasteiger partial charge in [0, 0.05) is 32.0 Å². The summed E-state index contributed by atoms with van der Waals surface area (Å²) in [7, 11) is 0. The number of carbonyl (C=O) groups is 3. The maximum atomic E-state index is 12.7. The van der Waals surface area contributed by atoms with Gasteiger partial charge in [0.25, 0.3) is 0 Å². The summed E-state index contributed by atoms with van der Waals surface area (Å²) in [5.74, 6) is -0.948. The highest BCUT2D eigenvalue weighted by Crippen LogP contribution is 2.44. The number of ether oxygens (including phenoxy) is 1. The molecule has 0 fully saturated rings. The van der Waals surface area contributed by atoms with Gasteiger partial charge in [-0.1, -0.05) is 62.4 Å². The first kappa shape index (κ1) is 25.3. The molecule has 0 aromatic heterocycles. The lowest BCUT2D eigenvalue weighted by atomic mass is 9.92. The Kier molecular flexibility index (Phi) is 8.68. The molecule has 0 saturated heterocycles. The molecule has 2 N–H and O–H groups in total. The smallest absolute Gasteiger partial charge is 0.407 e. The predicted molar refractivity (Wildman–Crippen MR) is 131 cm³/mol. The number of hydrogen-bond acceptors (Lipinski definition) is 4. The summed E-state index contributed by atoms with van der Waals surface area (Å²) in [5, 5.41) is 11.7. The van der Waals surface area contributed by atoms with Gasteiger partial charge in [0.2, 0.25) is 5.91 Å². The van der Waals surface area contributed by atoms with Crippen LogP contribution in [-0.2, 0) is 14.3 Å². The number of carbonyl (C=O) groups excluding carboxylic acids is 2. The van der Waals surface area contributed by atoms with E-state index in [0.29, 0.717) is 13.1 Å². The van der Waals surface area contributed by atoms with Crippen molar-refractivity contribution in [1.82, 2.24) is 10.2 Å². The first-order valence-electron chi connectivity index (χ1n) is 11.9. The molecule has 3 rings (SSSR count). The molecule has 2 amide bonds. The van der Waals surface area contributed by atoms with Crippen LogP contribution in [0.1, 0.15) is 50.7 Å². The molecule has 1 atom stereocenters. The van der Waals surface area contributed by atoms with Gasteiger partial charge in [-0.15, -0.1) is 0 Å². The average molecular weight is 467 g/mol. The molecule has 1 aliphatic rings. The van der Waals surface area contributed by atoms with Crippen molar-refractivity contribution in [3.8, 4) is 11.1 Å². The Bertz CT molecular complexity index is 974. The molecule has 7 heteroatoms. The summed E-state index contributed by atoms with van der Waals surface area (Å²) in [6, 6.07) is 16.4. The lowest BCUT2D eigenvalue weighted by Gasteiger charge is -2.26. The van der Waals surface area contributed by atoms with Gasteiger partial charge in [0.05, 0.1) is 6.42 Å². The van der Waals surface area contributed by atoms with Gasteiger partial charge in [-0.3, -0.25) is 9.59 Å². The molecule has 7 nitrogen and oxygen atoms in total. The molecule has 0 bridgehead atoms. The van der Waals surface area contributed by atoms with Gasteiger partial charge < -0.3 is 20.1 Å². The van der Waals surface area contributed by atoms with Crippen molar-refractivity contribution >= 4 is 18.0 Å². The Labute approximate surface area is 201 Å². The third kappa shape index (κ3) is 6.16. The molecule has 0 spiro atoms. The topological polar surface area (TPSA) is 95.9 Å². The number of aliphatic carboxylic acids is 1. The minimum Gasteiger partial charge on any atom is -0.481 e. The van der Waals surface area contributed by atoms with Crippen molar-refractivity contribution in [1.29, 1.82) is 0 Å². The number of hydrogen-bond donors (Lipinski definition) is 2. The van der Waals surface area contributed by atoms with Crippen molar-refractivity contribution < 1.29 is 24.2 Å². The van der Waals surface area contributed by atoms with E-state index in [9.17, 15) is 14.4 Å². The Hall–Kier alpha value is -3.35. The van der Waals surface area contributed by atoms with E-state index in [1.165, 1.54) is 11.1 Å². The number of alkyl carbamates (subject to hydrolysis) is 1. The number of nitrogens with zero attached hydrogens (tertiary/aromatic N) is 1. The van der Waals surface area contributed by atoms with E-state index in [1.54, 1.807) is 4.90 Å². The predicted octanol–water partition coefficient (Wildman–Crippen LogP) is 4.51. The van der Waals surface area contributed by atoms with Crippen molar-refractivity contribution in [2.75, 3.05) is 26.2 Å². The molecule has 1 aliphatic carbocycles. The minimum atomic E-state index is -0.927. The zero-order valence-electron chi connectivity index (χ0n) is 20.1. The van der Waals surface area contributed by atoms with Gasteiger partial charge in [0.15, 0.2) is 0 Å². The largest absolute Gasteiger partial charge is 0.481 e. The molecule has 2 aromatic carbocycles. The molecule has 0 aliphatic heterocycles. The number of fused-ring (bicyclic) bond motifs is 3. The van der Waals surface area contributed by atoms with Gasteiger partial charge in [-0.2, -0.15) is 0 Å². The number of carboxylic acid groups (broad SMARTS) is 1. The van der Waals surface area contributed by atoms with Crippen LogP contribution in [0, 0.1) is 11.8 Å². The van der Waals surface area contributed by atoms with Crippen LogP contribution >= 0.6 is 0 Å². The van der Waals surface area contributed by atoms with Crippen LogP contribution in [0.25, 0.3) is 11.1 Å². The van der Waals surface area contributed by atoms with E-state index in [-0.39, 0.29) is 49.7 Å². The fourth-order valence-corrected chi connectivity index (χ4v) is 4.45. The van der Waals surface area contributed by atoms with E-state index in [2.05, 4.69) is 29.6 Å². The van der Waals surface area contributed by atoms with Crippen molar-refractivity contribution in [3.63, 3.8) is 0 Å². The number of benzene rings is 2. The van der Waals surface area contributed by atoms with Crippen LogP contribution in [0.5, 0.6) is 0 Å². The number of amides is 2. The Morgan fingerprint density at radius 1 is 1.03 bits per heavy atom. The molecule has 0 heterocycles. The number of nitrogens with one attached hydrogen (secondary N) is 1. The summed E-state index contributed by atoms with van der Waals surface area (Å²) in [6.07, 6.45) is -0.336. The summed E-state index contributed by atoms with van der Waals surface area (Å²) in [6.45, 7) is 7.04. The van der Waals surface area contributed by atoms with Crippen molar-refractivity contribution in [2.24, 2.45) is 11.8 Å². The Morgan fingerprint density at radius 3 is 2.15 bits per heavy atom.